The zero-order valence-electron chi connectivity index (χ0n) is 21.8. The number of para-hydroxylation sites is 2. The van der Waals surface area contributed by atoms with Gasteiger partial charge in [-0.3, -0.25) is 0 Å². The summed E-state index contributed by atoms with van der Waals surface area (Å²) in [4.78, 5) is 2.62. The molecule has 0 saturated carbocycles. The van der Waals surface area contributed by atoms with Crippen molar-refractivity contribution < 1.29 is 9.31 Å². The van der Waals surface area contributed by atoms with Crippen molar-refractivity contribution in [2.24, 2.45) is 5.92 Å². The minimum atomic E-state index is -0.00628. The van der Waals surface area contributed by atoms with Gasteiger partial charge in [0, 0.05) is 47.0 Å². The lowest BCUT2D eigenvalue weighted by Crippen LogP contribution is -2.46. The molecule has 36 heavy (non-hydrogen) atoms. The third kappa shape index (κ3) is 2.55. The summed E-state index contributed by atoms with van der Waals surface area (Å²) in [6, 6.07) is 18.0. The molecule has 0 radical (unpaired) electrons. The highest BCUT2D eigenvalue weighted by Crippen LogP contribution is 2.55. The third-order valence-corrected chi connectivity index (χ3v) is 9.95. The van der Waals surface area contributed by atoms with Crippen LogP contribution in [0.2, 0.25) is 0 Å². The van der Waals surface area contributed by atoms with E-state index in [1.54, 1.807) is 5.57 Å². The number of anilines is 1. The van der Waals surface area contributed by atoms with Crippen LogP contribution in [0.25, 0.3) is 0 Å². The first-order chi connectivity index (χ1) is 17.4. The topological polar surface area (TPSA) is 15.5 Å². The maximum absolute atomic E-state index is 6.95. The zero-order chi connectivity index (χ0) is 24.4. The van der Waals surface area contributed by atoms with E-state index in [1.165, 1.54) is 51.5 Å². The number of ether oxygens (including phenoxy) is 1. The second-order valence-electron chi connectivity index (χ2n) is 12.6. The van der Waals surface area contributed by atoms with Gasteiger partial charge in [0.05, 0.1) is 17.6 Å². The Balaban J connectivity index is 1.29. The quantitative estimate of drug-likeness (QED) is 0.401. The molecule has 0 amide bonds. The number of fused-ring (bicyclic) bond motifs is 9. The molecule has 5 aliphatic heterocycles. The lowest BCUT2D eigenvalue weighted by atomic mass is 9.71. The van der Waals surface area contributed by atoms with E-state index in [0.29, 0.717) is 5.92 Å². The summed E-state index contributed by atoms with van der Waals surface area (Å²) in [6.45, 7) is 11.8. The molecule has 3 nitrogen and oxygen atoms in total. The SMILES string of the molecule is CC1(C)C2=C3C=C4C=C5C6=[N+](CC[C@H]5O[C@H]4C[C@H]3CCN2c2ccccc21)c1ccccc1C6(C)C. The second-order valence-corrected chi connectivity index (χ2v) is 12.6. The number of hydrogen-bond donors (Lipinski definition) is 0. The first-order valence-electron chi connectivity index (χ1n) is 13.8. The smallest absolute Gasteiger partial charge is 0.209 e. The second kappa shape index (κ2) is 6.89. The van der Waals surface area contributed by atoms with Gasteiger partial charge < -0.3 is 9.64 Å². The number of nitrogens with zero attached hydrogens (tertiary/aromatic N) is 2. The Bertz CT molecular complexity index is 1470. The van der Waals surface area contributed by atoms with Gasteiger partial charge in [-0.1, -0.05) is 56.3 Å². The summed E-state index contributed by atoms with van der Waals surface area (Å²) >= 11 is 0. The van der Waals surface area contributed by atoms with Crippen molar-refractivity contribution in [3.05, 3.63) is 94.2 Å². The largest absolute Gasteiger partial charge is 0.365 e. The zero-order valence-corrected chi connectivity index (χ0v) is 21.8. The van der Waals surface area contributed by atoms with Gasteiger partial charge in [0.1, 0.15) is 0 Å². The van der Waals surface area contributed by atoms with E-state index in [1.807, 2.05) is 0 Å². The van der Waals surface area contributed by atoms with Crippen molar-refractivity contribution in [1.82, 2.24) is 0 Å². The Morgan fingerprint density at radius 2 is 1.64 bits per heavy atom. The minimum Gasteiger partial charge on any atom is -0.365 e. The molecule has 182 valence electrons. The molecule has 0 bridgehead atoms. The fourth-order valence-corrected chi connectivity index (χ4v) is 8.38. The van der Waals surface area contributed by atoms with Gasteiger partial charge in [0.15, 0.2) is 12.3 Å². The van der Waals surface area contributed by atoms with Gasteiger partial charge >= 0.3 is 0 Å². The van der Waals surface area contributed by atoms with E-state index in [9.17, 15) is 0 Å². The van der Waals surface area contributed by atoms with Crippen LogP contribution < -0.4 is 4.90 Å². The molecule has 8 rings (SSSR count). The summed E-state index contributed by atoms with van der Waals surface area (Å²) in [5, 5.41) is 0. The van der Waals surface area contributed by atoms with Crippen LogP contribution in [-0.2, 0) is 15.6 Å². The molecule has 5 heterocycles. The molecular formula is C33H35N2O+. The number of allylic oxidation sites excluding steroid dienone is 3. The number of rotatable bonds is 0. The highest BCUT2D eigenvalue weighted by Gasteiger charge is 2.53. The Morgan fingerprint density at radius 3 is 2.50 bits per heavy atom. The lowest BCUT2D eigenvalue weighted by molar-refractivity contribution is -0.445. The molecular weight excluding hydrogens is 440 g/mol. The van der Waals surface area contributed by atoms with Crippen LogP contribution in [0.4, 0.5) is 11.4 Å². The van der Waals surface area contributed by atoms with Crippen molar-refractivity contribution in [3.63, 3.8) is 0 Å². The molecule has 2 aromatic rings. The fourth-order valence-electron chi connectivity index (χ4n) is 8.38. The van der Waals surface area contributed by atoms with Crippen LogP contribution in [0.5, 0.6) is 0 Å². The molecule has 3 heteroatoms. The summed E-state index contributed by atoms with van der Waals surface area (Å²) in [7, 11) is 0. The monoisotopic (exact) mass is 475 g/mol. The first-order valence-corrected chi connectivity index (χ1v) is 13.8. The average Bonchev–Trinajstić information content (AvgIpc) is 3.26. The van der Waals surface area contributed by atoms with E-state index in [-0.39, 0.29) is 23.0 Å². The normalized spacial score (nSPS) is 30.3. The van der Waals surface area contributed by atoms with Crippen molar-refractivity contribution in [1.29, 1.82) is 0 Å². The van der Waals surface area contributed by atoms with Crippen LogP contribution in [-0.4, -0.2) is 35.6 Å². The summed E-state index contributed by atoms with van der Waals surface area (Å²) in [6.07, 6.45) is 8.91. The highest BCUT2D eigenvalue weighted by atomic mass is 16.5. The van der Waals surface area contributed by atoms with Gasteiger partial charge in [0.2, 0.25) is 5.69 Å². The summed E-state index contributed by atoms with van der Waals surface area (Å²) in [5.41, 5.74) is 13.1. The molecule has 1 aliphatic carbocycles. The molecule has 0 fully saturated rings. The molecule has 6 aliphatic rings. The highest BCUT2D eigenvalue weighted by molar-refractivity contribution is 6.08. The predicted octanol–water partition coefficient (Wildman–Crippen LogP) is 6.56. The van der Waals surface area contributed by atoms with Crippen molar-refractivity contribution >= 4 is 17.1 Å². The Hall–Kier alpha value is -2.91. The Morgan fingerprint density at radius 1 is 0.861 bits per heavy atom. The van der Waals surface area contributed by atoms with Crippen molar-refractivity contribution in [2.45, 2.75) is 70.0 Å². The van der Waals surface area contributed by atoms with Gasteiger partial charge in [-0.15, -0.1) is 0 Å². The van der Waals surface area contributed by atoms with Gasteiger partial charge in [-0.05, 0) is 61.5 Å². The average molecular weight is 476 g/mol. The van der Waals surface area contributed by atoms with E-state index in [0.717, 1.165) is 25.9 Å². The van der Waals surface area contributed by atoms with Gasteiger partial charge in [0.25, 0.3) is 0 Å². The number of benzene rings is 2. The minimum absolute atomic E-state index is 0.00628. The molecule has 2 aromatic carbocycles. The van der Waals surface area contributed by atoms with Crippen LogP contribution in [0.15, 0.2) is 83.1 Å². The Kier molecular flexibility index (Phi) is 4.06. The fraction of sp³-hybridized carbons (Fsp3) is 0.424. The van der Waals surface area contributed by atoms with E-state index in [2.05, 4.69) is 97.9 Å². The van der Waals surface area contributed by atoms with E-state index in [4.69, 9.17) is 4.74 Å². The number of hydrogen-bond acceptors (Lipinski definition) is 2. The lowest BCUT2D eigenvalue weighted by Gasteiger charge is -2.44. The molecule has 0 N–H and O–H groups in total. The maximum Gasteiger partial charge on any atom is 0.209 e. The van der Waals surface area contributed by atoms with Gasteiger partial charge in [-0.25, -0.2) is 0 Å². The van der Waals surface area contributed by atoms with Crippen LogP contribution in [0.1, 0.15) is 58.1 Å². The summed E-state index contributed by atoms with van der Waals surface area (Å²) in [5.74, 6) is 0.591. The van der Waals surface area contributed by atoms with Gasteiger partial charge in [-0.2, -0.15) is 4.58 Å². The molecule has 3 atom stereocenters. The third-order valence-electron chi connectivity index (χ3n) is 9.95. The predicted molar refractivity (Wildman–Crippen MR) is 145 cm³/mol. The summed E-state index contributed by atoms with van der Waals surface area (Å²) < 4.78 is 9.53. The standard InChI is InChI=1S/C33H35N2O/c1-32(2)24-9-5-7-11-26(24)34-15-13-20-19-29-21(17-22(20)30(32)34)18-23-28(36-29)14-16-35-27-12-8-6-10-25(27)33(3,4)31(23)35/h5-12,17-18,20,28-29H,13-16,19H2,1-4H3/q+1/t20-,28-,29+/m1/s1. The van der Waals surface area contributed by atoms with E-state index < -0.39 is 0 Å². The van der Waals surface area contributed by atoms with E-state index >= 15 is 0 Å². The van der Waals surface area contributed by atoms with Crippen molar-refractivity contribution in [3.8, 4) is 0 Å². The van der Waals surface area contributed by atoms with Crippen LogP contribution in [0, 0.1) is 5.92 Å². The first kappa shape index (κ1) is 21.2. The Labute approximate surface area is 214 Å². The molecule has 0 aromatic heterocycles. The van der Waals surface area contributed by atoms with Crippen molar-refractivity contribution in [2.75, 3.05) is 18.0 Å². The maximum atomic E-state index is 6.95. The molecule has 0 saturated heterocycles. The molecule has 0 unspecified atom stereocenters. The van der Waals surface area contributed by atoms with Crippen LogP contribution >= 0.6 is 0 Å². The molecule has 0 spiro atoms. The van der Waals surface area contributed by atoms with Crippen LogP contribution in [0.3, 0.4) is 0 Å².